The average Bonchev–Trinajstić information content (AvgIpc) is 3.33. The zero-order chi connectivity index (χ0) is 25.5. The fraction of sp³-hybridized carbons (Fsp3) is 0.160. The van der Waals surface area contributed by atoms with Crippen LogP contribution in [-0.2, 0) is 13.1 Å². The maximum absolute atomic E-state index is 13.4. The summed E-state index contributed by atoms with van der Waals surface area (Å²) < 4.78 is 11.8. The summed E-state index contributed by atoms with van der Waals surface area (Å²) in [6.45, 7) is 0.610. The third-order valence-electron chi connectivity index (χ3n) is 5.39. The number of anilines is 2. The molecule has 4 aromatic rings. The Bertz CT molecular complexity index is 1390. The van der Waals surface area contributed by atoms with Crippen LogP contribution >= 0.6 is 0 Å². The van der Waals surface area contributed by atoms with Gasteiger partial charge in [-0.15, -0.1) is 5.10 Å². The fourth-order valence-corrected chi connectivity index (χ4v) is 3.62. The van der Waals surface area contributed by atoms with Gasteiger partial charge in [0, 0.05) is 30.3 Å². The maximum Gasteiger partial charge on any atom is 0.288 e. The van der Waals surface area contributed by atoms with Gasteiger partial charge in [0.25, 0.3) is 11.6 Å². The molecule has 0 unspecified atom stereocenters. The van der Waals surface area contributed by atoms with Crippen LogP contribution in [0, 0.1) is 10.1 Å². The minimum absolute atomic E-state index is 0.107. The fourth-order valence-electron chi connectivity index (χ4n) is 3.62. The van der Waals surface area contributed by atoms with Gasteiger partial charge in [0.1, 0.15) is 17.1 Å². The third-order valence-corrected chi connectivity index (χ3v) is 5.39. The number of nitrogens with one attached hydrogen (secondary N) is 2. The Morgan fingerprint density at radius 2 is 1.44 bits per heavy atom. The van der Waals surface area contributed by atoms with E-state index in [1.165, 1.54) is 18.2 Å². The molecule has 1 aromatic heterocycles. The number of para-hydroxylation sites is 3. The molecule has 184 valence electrons. The van der Waals surface area contributed by atoms with Crippen LogP contribution in [0.15, 0.2) is 72.8 Å². The molecule has 0 amide bonds. The molecule has 4 rings (SSSR count). The Kier molecular flexibility index (Phi) is 7.39. The van der Waals surface area contributed by atoms with E-state index in [4.69, 9.17) is 9.47 Å². The monoisotopic (exact) mass is 488 g/mol. The summed E-state index contributed by atoms with van der Waals surface area (Å²) in [5, 5.41) is 22.0. The molecular weight excluding hydrogens is 464 g/mol. The summed E-state index contributed by atoms with van der Waals surface area (Å²) in [7, 11) is 3.15. The molecule has 3 aromatic carbocycles. The van der Waals surface area contributed by atoms with E-state index in [1.54, 1.807) is 20.3 Å². The van der Waals surface area contributed by atoms with Gasteiger partial charge in [0.05, 0.1) is 19.1 Å². The van der Waals surface area contributed by atoms with Crippen LogP contribution in [0.5, 0.6) is 11.5 Å². The quantitative estimate of drug-likeness (QED) is 0.250. The molecule has 0 radical (unpaired) electrons. The Morgan fingerprint density at radius 3 is 2.06 bits per heavy atom. The molecule has 0 saturated carbocycles. The third kappa shape index (κ3) is 5.25. The van der Waals surface area contributed by atoms with Crippen LogP contribution in [0.25, 0.3) is 0 Å². The number of aromatic nitrogens is 3. The molecule has 0 spiro atoms. The second-order valence-corrected chi connectivity index (χ2v) is 7.58. The lowest BCUT2D eigenvalue weighted by atomic mass is 10.1. The molecule has 1 heterocycles. The summed E-state index contributed by atoms with van der Waals surface area (Å²) in [4.78, 5) is 28.7. The van der Waals surface area contributed by atoms with Crippen molar-refractivity contribution in [2.45, 2.75) is 13.1 Å². The number of benzene rings is 3. The van der Waals surface area contributed by atoms with Gasteiger partial charge in [-0.1, -0.05) is 48.5 Å². The molecule has 0 saturated heterocycles. The zero-order valence-corrected chi connectivity index (χ0v) is 19.7. The van der Waals surface area contributed by atoms with E-state index in [-0.39, 0.29) is 29.7 Å². The number of carbonyl (C=O) groups is 1. The van der Waals surface area contributed by atoms with Gasteiger partial charge in [-0.3, -0.25) is 14.9 Å². The Labute approximate surface area is 206 Å². The first kappa shape index (κ1) is 24.2. The van der Waals surface area contributed by atoms with Crippen molar-refractivity contribution in [1.82, 2.24) is 14.8 Å². The van der Waals surface area contributed by atoms with Crippen molar-refractivity contribution in [3.05, 3.63) is 99.6 Å². The highest BCUT2D eigenvalue weighted by molar-refractivity contribution is 6.00. The largest absolute Gasteiger partial charge is 0.496 e. The van der Waals surface area contributed by atoms with Crippen molar-refractivity contribution < 1.29 is 19.2 Å². The highest BCUT2D eigenvalue weighted by atomic mass is 16.6. The molecule has 0 atom stereocenters. The predicted octanol–water partition coefficient (Wildman–Crippen LogP) is 4.12. The van der Waals surface area contributed by atoms with Crippen LogP contribution < -0.4 is 20.1 Å². The van der Waals surface area contributed by atoms with Crippen LogP contribution in [0.2, 0.25) is 0 Å². The number of nitro benzene ring substituents is 1. The lowest BCUT2D eigenvalue weighted by Gasteiger charge is -2.10. The highest BCUT2D eigenvalue weighted by Gasteiger charge is 2.25. The molecule has 11 nitrogen and oxygen atoms in total. The Balaban J connectivity index is 1.65. The summed E-state index contributed by atoms with van der Waals surface area (Å²) in [6, 6.07) is 20.6. The van der Waals surface area contributed by atoms with E-state index in [2.05, 4.69) is 20.7 Å². The smallest absolute Gasteiger partial charge is 0.288 e. The van der Waals surface area contributed by atoms with E-state index in [9.17, 15) is 14.9 Å². The molecule has 0 aliphatic rings. The van der Waals surface area contributed by atoms with E-state index in [0.717, 1.165) is 15.8 Å². The molecule has 0 fully saturated rings. The number of methoxy groups -OCH3 is 2. The van der Waals surface area contributed by atoms with Crippen LogP contribution in [0.4, 0.5) is 17.6 Å². The molecular formula is C25H24N6O5. The summed E-state index contributed by atoms with van der Waals surface area (Å²) in [5.41, 5.74) is 1.27. The second-order valence-electron chi connectivity index (χ2n) is 7.58. The summed E-state index contributed by atoms with van der Waals surface area (Å²) in [5.74, 6) is 0.940. The lowest BCUT2D eigenvalue weighted by molar-refractivity contribution is -0.385. The number of carbonyl (C=O) groups excluding carboxylic acids is 1. The number of nitrogens with zero attached hydrogens (tertiary/aromatic N) is 4. The number of hydrogen-bond donors (Lipinski definition) is 2. The maximum atomic E-state index is 13.4. The van der Waals surface area contributed by atoms with Gasteiger partial charge in [-0.2, -0.15) is 9.67 Å². The van der Waals surface area contributed by atoms with E-state index >= 15 is 0 Å². The summed E-state index contributed by atoms with van der Waals surface area (Å²) >= 11 is 0. The SMILES string of the molecule is COc1ccccc1CNc1nc(NCc2ccccc2OC)n(C(=O)c2ccccc2[N+](=O)[O-])n1. The van der Waals surface area contributed by atoms with E-state index in [1.807, 2.05) is 48.5 Å². The number of ether oxygens (including phenoxy) is 2. The van der Waals surface area contributed by atoms with Gasteiger partial charge >= 0.3 is 0 Å². The molecule has 11 heteroatoms. The highest BCUT2D eigenvalue weighted by Crippen LogP contribution is 2.24. The van der Waals surface area contributed by atoms with Gasteiger partial charge in [-0.25, -0.2) is 0 Å². The Hall–Kier alpha value is -4.93. The predicted molar refractivity (Wildman–Crippen MR) is 133 cm³/mol. The zero-order valence-electron chi connectivity index (χ0n) is 19.7. The van der Waals surface area contributed by atoms with Crippen LogP contribution in [-0.4, -0.2) is 39.8 Å². The summed E-state index contributed by atoms with van der Waals surface area (Å²) in [6.07, 6.45) is 0. The molecule has 2 N–H and O–H groups in total. The number of hydrogen-bond acceptors (Lipinski definition) is 9. The average molecular weight is 489 g/mol. The van der Waals surface area contributed by atoms with E-state index < -0.39 is 10.8 Å². The Morgan fingerprint density at radius 1 is 0.889 bits per heavy atom. The van der Waals surface area contributed by atoms with Crippen LogP contribution in [0.1, 0.15) is 21.5 Å². The van der Waals surface area contributed by atoms with Crippen molar-refractivity contribution >= 4 is 23.5 Å². The van der Waals surface area contributed by atoms with Crippen molar-refractivity contribution in [3.8, 4) is 11.5 Å². The normalized spacial score (nSPS) is 10.5. The van der Waals surface area contributed by atoms with Crippen molar-refractivity contribution in [2.24, 2.45) is 0 Å². The van der Waals surface area contributed by atoms with Crippen molar-refractivity contribution in [1.29, 1.82) is 0 Å². The first-order chi connectivity index (χ1) is 17.5. The minimum atomic E-state index is -0.692. The van der Waals surface area contributed by atoms with Crippen molar-refractivity contribution in [3.63, 3.8) is 0 Å². The lowest BCUT2D eigenvalue weighted by Crippen LogP contribution is -2.19. The van der Waals surface area contributed by atoms with Crippen molar-refractivity contribution in [2.75, 3.05) is 24.9 Å². The second kappa shape index (κ2) is 11.0. The standard InChI is InChI=1S/C25H24N6O5/c1-35-21-13-7-3-9-17(21)15-26-24-28-25(27-16-18-10-4-8-14-22(18)36-2)30(29-24)23(32)19-11-5-6-12-20(19)31(33)34/h3-14H,15-16H2,1-2H3,(H2,26,27,28,29). The van der Waals surface area contributed by atoms with Gasteiger partial charge < -0.3 is 20.1 Å². The van der Waals surface area contributed by atoms with Gasteiger partial charge in [0.15, 0.2) is 0 Å². The van der Waals surface area contributed by atoms with Gasteiger partial charge in [-0.05, 0) is 18.2 Å². The molecule has 0 aliphatic carbocycles. The van der Waals surface area contributed by atoms with Crippen LogP contribution in [0.3, 0.4) is 0 Å². The number of rotatable bonds is 10. The van der Waals surface area contributed by atoms with Gasteiger partial charge in [0.2, 0.25) is 11.9 Å². The molecule has 0 bridgehead atoms. The molecule has 0 aliphatic heterocycles. The van der Waals surface area contributed by atoms with E-state index in [0.29, 0.717) is 18.0 Å². The number of nitro groups is 1. The first-order valence-corrected chi connectivity index (χ1v) is 11.0. The first-order valence-electron chi connectivity index (χ1n) is 11.0. The minimum Gasteiger partial charge on any atom is -0.496 e. The topological polar surface area (TPSA) is 133 Å². The molecule has 36 heavy (non-hydrogen) atoms.